The van der Waals surface area contributed by atoms with E-state index in [4.69, 9.17) is 9.47 Å². The van der Waals surface area contributed by atoms with Crippen LogP contribution in [0.4, 0.5) is 18.0 Å². The van der Waals surface area contributed by atoms with Crippen molar-refractivity contribution in [2.45, 2.75) is 55.2 Å². The minimum Gasteiger partial charge on any atom is -0.488 e. The van der Waals surface area contributed by atoms with Gasteiger partial charge in [0.15, 0.2) is 9.84 Å². The van der Waals surface area contributed by atoms with Crippen LogP contribution in [0.15, 0.2) is 51.8 Å². The second-order valence-corrected chi connectivity index (χ2v) is 11.6. The molecule has 6 nitrogen and oxygen atoms in total. The molecule has 1 heterocycles. The molecule has 2 aromatic carbocycles. The molecule has 0 saturated carbocycles. The highest BCUT2D eigenvalue weighted by atomic mass is 79.9. The normalized spacial score (nSPS) is 18.8. The molecule has 0 aliphatic carbocycles. The Labute approximate surface area is 198 Å². The number of alkyl halides is 3. The summed E-state index contributed by atoms with van der Waals surface area (Å²) in [6.07, 6.45) is -6.18. The van der Waals surface area contributed by atoms with Crippen molar-refractivity contribution in [1.29, 1.82) is 0 Å². The topological polar surface area (TPSA) is 81.7 Å². The second kappa shape index (κ2) is 9.17. The van der Waals surface area contributed by atoms with Crippen LogP contribution in [0.25, 0.3) is 0 Å². The van der Waals surface area contributed by atoms with E-state index in [2.05, 4.69) is 21.2 Å². The van der Waals surface area contributed by atoms with Crippen molar-refractivity contribution in [3.05, 3.63) is 58.1 Å². The molecule has 3 rings (SSSR count). The first-order valence-corrected chi connectivity index (χ1v) is 12.3. The van der Waals surface area contributed by atoms with Crippen LogP contribution in [0.3, 0.4) is 0 Å². The van der Waals surface area contributed by atoms with Gasteiger partial charge >= 0.3 is 12.3 Å². The minimum absolute atomic E-state index is 0.0426. The number of sulfone groups is 1. The number of nitrogens with one attached hydrogen (secondary N) is 1. The Hall–Kier alpha value is -2.27. The maximum atomic E-state index is 13.5. The van der Waals surface area contributed by atoms with Gasteiger partial charge in [0.1, 0.15) is 17.5 Å². The molecule has 1 aliphatic rings. The van der Waals surface area contributed by atoms with Gasteiger partial charge in [0, 0.05) is 16.5 Å². The lowest BCUT2D eigenvalue weighted by Crippen LogP contribution is -2.41. The monoisotopic (exact) mass is 549 g/mol. The van der Waals surface area contributed by atoms with Gasteiger partial charge < -0.3 is 14.8 Å². The molecule has 0 spiro atoms. The fourth-order valence-corrected chi connectivity index (χ4v) is 5.67. The minimum atomic E-state index is -4.68. The molecular weight excluding hydrogens is 527 g/mol. The summed E-state index contributed by atoms with van der Waals surface area (Å²) in [6.45, 7) is 5.07. The number of hydrogen-bond acceptors (Lipinski definition) is 5. The summed E-state index contributed by atoms with van der Waals surface area (Å²) in [5.41, 5.74) is -1.44. The van der Waals surface area contributed by atoms with Crippen molar-refractivity contribution >= 4 is 31.9 Å². The summed E-state index contributed by atoms with van der Waals surface area (Å²) in [4.78, 5) is 11.6. The van der Waals surface area contributed by atoms with Crippen LogP contribution < -0.4 is 10.1 Å². The van der Waals surface area contributed by atoms with Crippen molar-refractivity contribution in [1.82, 2.24) is 5.32 Å². The van der Waals surface area contributed by atoms with Gasteiger partial charge in [-0.1, -0.05) is 22.0 Å². The van der Waals surface area contributed by atoms with Crippen LogP contribution >= 0.6 is 15.9 Å². The predicted molar refractivity (Wildman–Crippen MR) is 119 cm³/mol. The number of fused-ring (bicyclic) bond motifs is 1. The Bertz CT molecular complexity index is 1150. The molecule has 33 heavy (non-hydrogen) atoms. The van der Waals surface area contributed by atoms with Crippen molar-refractivity contribution < 1.29 is 35.9 Å². The molecule has 180 valence electrons. The Morgan fingerprint density at radius 2 is 1.88 bits per heavy atom. The van der Waals surface area contributed by atoms with E-state index in [1.54, 1.807) is 39.0 Å². The summed E-state index contributed by atoms with van der Waals surface area (Å²) in [5.74, 6) is 0.279. The Morgan fingerprint density at radius 1 is 1.18 bits per heavy atom. The number of hydrogen-bond donors (Lipinski definition) is 1. The fraction of sp³-hybridized carbons (Fsp3) is 0.409. The average molecular weight is 550 g/mol. The zero-order valence-electron chi connectivity index (χ0n) is 18.1. The third-order valence-electron chi connectivity index (χ3n) is 4.83. The van der Waals surface area contributed by atoms with Crippen LogP contribution in [0, 0.1) is 0 Å². The maximum absolute atomic E-state index is 13.5. The summed E-state index contributed by atoms with van der Waals surface area (Å²) in [7, 11) is -4.22. The summed E-state index contributed by atoms with van der Waals surface area (Å²) >= 11 is 3.30. The fourth-order valence-electron chi connectivity index (χ4n) is 3.42. The number of ether oxygens (including phenoxy) is 2. The Kier molecular flexibility index (Phi) is 7.05. The van der Waals surface area contributed by atoms with E-state index in [0.29, 0.717) is 16.1 Å². The van der Waals surface area contributed by atoms with Crippen LogP contribution in [-0.4, -0.2) is 32.8 Å². The van der Waals surface area contributed by atoms with Crippen LogP contribution in [0.2, 0.25) is 0 Å². The van der Waals surface area contributed by atoms with E-state index < -0.39 is 49.5 Å². The highest BCUT2D eigenvalue weighted by molar-refractivity contribution is 9.10. The molecule has 1 aliphatic heterocycles. The molecule has 2 atom stereocenters. The number of benzene rings is 2. The smallest absolute Gasteiger partial charge is 0.416 e. The molecule has 0 aromatic heterocycles. The number of alkyl carbamates (subject to hydrolysis) is 1. The molecule has 1 amide bonds. The summed E-state index contributed by atoms with van der Waals surface area (Å²) < 4.78 is 78.1. The lowest BCUT2D eigenvalue weighted by Gasteiger charge is -2.32. The molecule has 11 heteroatoms. The largest absolute Gasteiger partial charge is 0.488 e. The number of carbonyl (C=O) groups excluding carboxylic acids is 1. The van der Waals surface area contributed by atoms with Gasteiger partial charge in [0.05, 0.1) is 22.3 Å². The molecule has 0 fully saturated rings. The lowest BCUT2D eigenvalue weighted by atomic mass is 10.0. The van der Waals surface area contributed by atoms with Crippen LogP contribution in [0.5, 0.6) is 5.75 Å². The lowest BCUT2D eigenvalue weighted by molar-refractivity contribution is -0.137. The van der Waals surface area contributed by atoms with Gasteiger partial charge in [-0.3, -0.25) is 0 Å². The average Bonchev–Trinajstić information content (AvgIpc) is 2.70. The van der Waals surface area contributed by atoms with Crippen molar-refractivity contribution in [3.8, 4) is 5.75 Å². The Balaban J connectivity index is 1.93. The number of carbonyl (C=O) groups is 1. The van der Waals surface area contributed by atoms with Gasteiger partial charge in [-0.25, -0.2) is 13.2 Å². The summed E-state index contributed by atoms with van der Waals surface area (Å²) in [6, 6.07) is 8.48. The summed E-state index contributed by atoms with van der Waals surface area (Å²) in [5, 5.41) is 1.38. The number of rotatable bonds is 4. The van der Waals surface area contributed by atoms with Gasteiger partial charge in [0.25, 0.3) is 0 Å². The van der Waals surface area contributed by atoms with Crippen LogP contribution in [-0.2, 0) is 20.8 Å². The van der Waals surface area contributed by atoms with Gasteiger partial charge in [-0.05, 0) is 57.2 Å². The quantitative estimate of drug-likeness (QED) is 0.532. The maximum Gasteiger partial charge on any atom is 0.416 e. The van der Waals surface area contributed by atoms with E-state index in [0.717, 1.165) is 18.2 Å². The zero-order valence-corrected chi connectivity index (χ0v) is 20.5. The first-order valence-electron chi connectivity index (χ1n) is 10.0. The molecule has 0 saturated heterocycles. The van der Waals surface area contributed by atoms with Gasteiger partial charge in [-0.15, -0.1) is 0 Å². The highest BCUT2D eigenvalue weighted by Crippen LogP contribution is 2.44. The van der Waals surface area contributed by atoms with Crippen molar-refractivity contribution in [2.24, 2.45) is 0 Å². The SMILES string of the molecule is CC(C)(C)OC(=O)NCC1CC(S(=O)(=O)c2cccc(C(F)(F)F)c2)c2cc(Br)ccc2O1. The van der Waals surface area contributed by atoms with E-state index in [9.17, 15) is 26.4 Å². The molecule has 0 bridgehead atoms. The third-order valence-corrected chi connectivity index (χ3v) is 7.43. The molecule has 0 radical (unpaired) electrons. The van der Waals surface area contributed by atoms with Gasteiger partial charge in [0.2, 0.25) is 0 Å². The molecule has 1 N–H and O–H groups in total. The van der Waals surface area contributed by atoms with E-state index in [1.165, 1.54) is 0 Å². The van der Waals surface area contributed by atoms with Crippen molar-refractivity contribution in [3.63, 3.8) is 0 Å². The highest BCUT2D eigenvalue weighted by Gasteiger charge is 2.39. The van der Waals surface area contributed by atoms with Crippen LogP contribution in [0.1, 0.15) is 43.6 Å². The number of halogens is 4. The number of amides is 1. The van der Waals surface area contributed by atoms with Gasteiger partial charge in [-0.2, -0.15) is 13.2 Å². The molecule has 2 aromatic rings. The van der Waals surface area contributed by atoms with E-state index in [-0.39, 0.29) is 18.7 Å². The first-order chi connectivity index (χ1) is 15.2. The standard InChI is InChI=1S/C22H23BrF3NO5S/c1-21(2,3)32-20(28)27-12-15-11-19(17-10-14(23)7-8-18(17)31-15)33(29,30)16-6-4-5-13(9-16)22(24,25)26/h4-10,15,19H,11-12H2,1-3H3,(H,27,28). The molecular formula is C22H23BrF3NO5S. The van der Waals surface area contributed by atoms with E-state index >= 15 is 0 Å². The predicted octanol–water partition coefficient (Wildman–Crippen LogP) is 5.66. The van der Waals surface area contributed by atoms with E-state index in [1.807, 2.05) is 0 Å². The molecule has 2 unspecified atom stereocenters. The third kappa shape index (κ3) is 6.20. The second-order valence-electron chi connectivity index (χ2n) is 8.60. The van der Waals surface area contributed by atoms with Crippen molar-refractivity contribution in [2.75, 3.05) is 6.54 Å². The Morgan fingerprint density at radius 3 is 2.52 bits per heavy atom. The zero-order chi connectivity index (χ0) is 24.6. The first kappa shape index (κ1) is 25.4.